The predicted molar refractivity (Wildman–Crippen MR) is 65.5 cm³/mol. The van der Waals surface area contributed by atoms with Crippen molar-refractivity contribution in [1.29, 1.82) is 0 Å². The molecule has 0 saturated carbocycles. The number of phenolic OH excluding ortho intramolecular Hbond substituents is 2. The van der Waals surface area contributed by atoms with Crippen molar-refractivity contribution in [1.82, 2.24) is 0 Å². The van der Waals surface area contributed by atoms with Crippen LogP contribution < -0.4 is 0 Å². The molecule has 2 aromatic rings. The summed E-state index contributed by atoms with van der Waals surface area (Å²) in [4.78, 5) is 11.9. The molecule has 0 unspecified atom stereocenters. The molecule has 0 radical (unpaired) electrons. The highest BCUT2D eigenvalue weighted by Gasteiger charge is 2.18. The van der Waals surface area contributed by atoms with Crippen LogP contribution in [0.15, 0.2) is 48.5 Å². The number of aliphatic hydroxyl groups is 1. The van der Waals surface area contributed by atoms with Crippen LogP contribution in [0, 0.1) is 0 Å². The number of phenols is 2. The van der Waals surface area contributed by atoms with E-state index < -0.39 is 11.9 Å². The maximum Gasteiger partial charge on any atom is 0.195 e. The molecule has 0 aliphatic heterocycles. The van der Waals surface area contributed by atoms with E-state index in [2.05, 4.69) is 0 Å². The molecule has 0 fully saturated rings. The number of aliphatic hydroxyl groups excluding tert-OH is 1. The molecule has 0 spiro atoms. The van der Waals surface area contributed by atoms with Crippen LogP contribution in [-0.4, -0.2) is 21.1 Å². The summed E-state index contributed by atoms with van der Waals surface area (Å²) in [6.45, 7) is 0. The number of hydrogen-bond donors (Lipinski definition) is 3. The summed E-state index contributed by atoms with van der Waals surface area (Å²) in [7, 11) is 0. The third-order valence-electron chi connectivity index (χ3n) is 2.61. The molecule has 18 heavy (non-hydrogen) atoms. The summed E-state index contributed by atoms with van der Waals surface area (Å²) in [6, 6.07) is 11.4. The van der Waals surface area contributed by atoms with Crippen LogP contribution in [0.2, 0.25) is 0 Å². The first-order valence-corrected chi connectivity index (χ1v) is 5.38. The lowest BCUT2D eigenvalue weighted by Crippen LogP contribution is -2.11. The monoisotopic (exact) mass is 244 g/mol. The average Bonchev–Trinajstić information content (AvgIpc) is 2.39. The van der Waals surface area contributed by atoms with E-state index in [-0.39, 0.29) is 11.5 Å². The summed E-state index contributed by atoms with van der Waals surface area (Å²) in [5, 5.41) is 28.2. The Morgan fingerprint density at radius 3 is 1.78 bits per heavy atom. The van der Waals surface area contributed by atoms with Crippen LogP contribution in [-0.2, 0) is 0 Å². The fourth-order valence-corrected chi connectivity index (χ4v) is 1.59. The van der Waals surface area contributed by atoms with Crippen molar-refractivity contribution in [3.05, 3.63) is 59.7 Å². The third kappa shape index (κ3) is 2.49. The highest BCUT2D eigenvalue weighted by atomic mass is 16.3. The van der Waals surface area contributed by atoms with E-state index in [1.807, 2.05) is 0 Å². The van der Waals surface area contributed by atoms with Crippen LogP contribution in [0.1, 0.15) is 22.0 Å². The third-order valence-corrected chi connectivity index (χ3v) is 2.61. The molecule has 2 aromatic carbocycles. The first-order valence-electron chi connectivity index (χ1n) is 5.38. The molecule has 0 heterocycles. The van der Waals surface area contributed by atoms with Crippen LogP contribution >= 0.6 is 0 Å². The Hall–Kier alpha value is -2.33. The molecule has 0 saturated heterocycles. The van der Waals surface area contributed by atoms with Crippen LogP contribution in [0.4, 0.5) is 0 Å². The first-order chi connectivity index (χ1) is 8.58. The van der Waals surface area contributed by atoms with E-state index in [1.54, 1.807) is 0 Å². The quantitative estimate of drug-likeness (QED) is 0.722. The van der Waals surface area contributed by atoms with E-state index in [9.17, 15) is 9.90 Å². The zero-order valence-electron chi connectivity index (χ0n) is 9.45. The second kappa shape index (κ2) is 4.89. The number of aromatic hydroxyl groups is 2. The van der Waals surface area contributed by atoms with Gasteiger partial charge in [0.2, 0.25) is 0 Å². The highest BCUT2D eigenvalue weighted by Crippen LogP contribution is 2.21. The minimum Gasteiger partial charge on any atom is -0.508 e. The lowest BCUT2D eigenvalue weighted by Gasteiger charge is -2.10. The minimum absolute atomic E-state index is 0.0608. The highest BCUT2D eigenvalue weighted by molar-refractivity contribution is 5.99. The van der Waals surface area contributed by atoms with Gasteiger partial charge in [-0.15, -0.1) is 0 Å². The fourth-order valence-electron chi connectivity index (χ4n) is 1.59. The van der Waals surface area contributed by atoms with Gasteiger partial charge in [0.25, 0.3) is 0 Å². The second-order valence-electron chi connectivity index (χ2n) is 3.91. The van der Waals surface area contributed by atoms with E-state index in [0.29, 0.717) is 11.1 Å². The van der Waals surface area contributed by atoms with Gasteiger partial charge in [-0.3, -0.25) is 4.79 Å². The van der Waals surface area contributed by atoms with Gasteiger partial charge in [0.15, 0.2) is 5.78 Å². The van der Waals surface area contributed by atoms with Crippen molar-refractivity contribution < 1.29 is 20.1 Å². The van der Waals surface area contributed by atoms with Gasteiger partial charge in [0.1, 0.15) is 17.6 Å². The number of carbonyl (C=O) groups excluding carboxylic acids is 1. The summed E-state index contributed by atoms with van der Waals surface area (Å²) in [5.74, 6) is -0.325. The molecule has 4 nitrogen and oxygen atoms in total. The number of Topliss-reactive ketones (excluding diaryl/α,β-unsaturated/α-hetero) is 1. The average molecular weight is 244 g/mol. The van der Waals surface area contributed by atoms with Gasteiger partial charge in [-0.2, -0.15) is 0 Å². The summed E-state index contributed by atoms with van der Waals surface area (Å²) >= 11 is 0. The van der Waals surface area contributed by atoms with Gasteiger partial charge < -0.3 is 15.3 Å². The first kappa shape index (κ1) is 12.1. The molecule has 2 rings (SSSR count). The SMILES string of the molecule is O=C(c1ccc(O)cc1)[C@@H](O)c1ccc(O)cc1. The Bertz CT molecular complexity index is 543. The largest absolute Gasteiger partial charge is 0.508 e. The Labute approximate surface area is 104 Å². The molecule has 92 valence electrons. The van der Waals surface area contributed by atoms with E-state index >= 15 is 0 Å². The molecule has 1 atom stereocenters. The van der Waals surface area contributed by atoms with Gasteiger partial charge in [0, 0.05) is 5.56 Å². The summed E-state index contributed by atoms with van der Waals surface area (Å²) < 4.78 is 0. The van der Waals surface area contributed by atoms with E-state index in [0.717, 1.165) is 0 Å². The Morgan fingerprint density at radius 1 is 0.833 bits per heavy atom. The molecule has 3 N–H and O–H groups in total. The lowest BCUT2D eigenvalue weighted by atomic mass is 10.00. The number of ketones is 1. The predicted octanol–water partition coefficient (Wildman–Crippen LogP) is 2.01. The van der Waals surface area contributed by atoms with Crippen LogP contribution in [0.3, 0.4) is 0 Å². The topological polar surface area (TPSA) is 77.8 Å². The van der Waals surface area contributed by atoms with Gasteiger partial charge in [0.05, 0.1) is 0 Å². The van der Waals surface area contributed by atoms with Gasteiger partial charge in [-0.1, -0.05) is 12.1 Å². The van der Waals surface area contributed by atoms with E-state index in [1.165, 1.54) is 48.5 Å². The molecular weight excluding hydrogens is 232 g/mol. The number of benzene rings is 2. The number of carbonyl (C=O) groups is 1. The number of rotatable bonds is 3. The van der Waals surface area contributed by atoms with Crippen molar-refractivity contribution in [2.75, 3.05) is 0 Å². The Kier molecular flexibility index (Phi) is 3.30. The van der Waals surface area contributed by atoms with Gasteiger partial charge >= 0.3 is 0 Å². The number of hydrogen-bond acceptors (Lipinski definition) is 4. The van der Waals surface area contributed by atoms with Crippen molar-refractivity contribution in [2.45, 2.75) is 6.10 Å². The molecular formula is C14H12O4. The van der Waals surface area contributed by atoms with Gasteiger partial charge in [-0.05, 0) is 42.0 Å². The van der Waals surface area contributed by atoms with Crippen LogP contribution in [0.5, 0.6) is 11.5 Å². The maximum atomic E-state index is 11.9. The second-order valence-corrected chi connectivity index (χ2v) is 3.91. The fraction of sp³-hybridized carbons (Fsp3) is 0.0714. The molecule has 0 aliphatic carbocycles. The van der Waals surface area contributed by atoms with Crippen molar-refractivity contribution in [2.24, 2.45) is 0 Å². The molecule has 0 amide bonds. The lowest BCUT2D eigenvalue weighted by molar-refractivity contribution is 0.0747. The van der Waals surface area contributed by atoms with Crippen molar-refractivity contribution in [3.8, 4) is 11.5 Å². The Balaban J connectivity index is 2.23. The van der Waals surface area contributed by atoms with Crippen molar-refractivity contribution in [3.63, 3.8) is 0 Å². The summed E-state index contributed by atoms with van der Waals surface area (Å²) in [6.07, 6.45) is -1.28. The van der Waals surface area contributed by atoms with Crippen LogP contribution in [0.25, 0.3) is 0 Å². The molecule has 4 heteroatoms. The van der Waals surface area contributed by atoms with Gasteiger partial charge in [-0.25, -0.2) is 0 Å². The Morgan fingerprint density at radius 2 is 1.28 bits per heavy atom. The maximum absolute atomic E-state index is 11.9. The molecule has 0 aliphatic rings. The zero-order chi connectivity index (χ0) is 13.1. The standard InChI is InChI=1S/C14H12O4/c15-11-5-1-9(2-6-11)13(17)14(18)10-3-7-12(16)8-4-10/h1-8,13,15-17H/t13-/m0/s1. The normalized spacial score (nSPS) is 12.1. The molecule has 0 aromatic heterocycles. The minimum atomic E-state index is -1.28. The van der Waals surface area contributed by atoms with Crippen molar-refractivity contribution >= 4 is 5.78 Å². The molecule has 0 bridgehead atoms. The van der Waals surface area contributed by atoms with E-state index in [4.69, 9.17) is 10.2 Å². The smallest absolute Gasteiger partial charge is 0.195 e. The summed E-state index contributed by atoms with van der Waals surface area (Å²) in [5.41, 5.74) is 0.722. The zero-order valence-corrected chi connectivity index (χ0v) is 9.45.